The second-order valence-electron chi connectivity index (χ2n) is 3.13. The highest BCUT2D eigenvalue weighted by atomic mass is 16.5. The van der Waals surface area contributed by atoms with E-state index in [1.807, 2.05) is 6.92 Å². The average molecular weight is 194 g/mol. The van der Waals surface area contributed by atoms with Crippen LogP contribution in [0, 0.1) is 6.92 Å². The van der Waals surface area contributed by atoms with Crippen molar-refractivity contribution in [3.8, 4) is 5.75 Å². The Morgan fingerprint density at radius 3 is 2.71 bits per heavy atom. The van der Waals surface area contributed by atoms with Crippen molar-refractivity contribution in [2.24, 2.45) is 0 Å². The average Bonchev–Trinajstić information content (AvgIpc) is 2.14. The number of aromatic carboxylic acids is 1. The smallest absolute Gasteiger partial charge is 0.335 e. The van der Waals surface area contributed by atoms with E-state index in [-0.39, 0.29) is 0 Å². The highest BCUT2D eigenvalue weighted by Gasteiger charge is 2.06. The van der Waals surface area contributed by atoms with Crippen LogP contribution in [0.15, 0.2) is 18.2 Å². The zero-order chi connectivity index (χ0) is 10.6. The highest BCUT2D eigenvalue weighted by Crippen LogP contribution is 2.17. The molecule has 0 aliphatic heterocycles. The molecule has 0 amide bonds. The fourth-order valence-electron chi connectivity index (χ4n) is 1.19. The van der Waals surface area contributed by atoms with Crippen LogP contribution in [-0.4, -0.2) is 17.7 Å². The molecule has 0 bridgehead atoms. The van der Waals surface area contributed by atoms with Gasteiger partial charge in [-0.2, -0.15) is 0 Å². The first-order valence-electron chi connectivity index (χ1n) is 4.62. The summed E-state index contributed by atoms with van der Waals surface area (Å²) in [6.45, 7) is 4.45. The van der Waals surface area contributed by atoms with Crippen LogP contribution < -0.4 is 4.74 Å². The molecule has 0 radical (unpaired) electrons. The second kappa shape index (κ2) is 4.65. The van der Waals surface area contributed by atoms with Crippen LogP contribution in [-0.2, 0) is 0 Å². The number of carboxylic acid groups (broad SMARTS) is 1. The summed E-state index contributed by atoms with van der Waals surface area (Å²) in [6.07, 6.45) is 0.944. The molecule has 1 aromatic rings. The summed E-state index contributed by atoms with van der Waals surface area (Å²) in [7, 11) is 0. The van der Waals surface area contributed by atoms with Gasteiger partial charge in [0.25, 0.3) is 0 Å². The van der Waals surface area contributed by atoms with Crippen LogP contribution in [0.1, 0.15) is 29.3 Å². The minimum Gasteiger partial charge on any atom is -0.494 e. The predicted molar refractivity (Wildman–Crippen MR) is 53.9 cm³/mol. The Labute approximate surface area is 83.3 Å². The first-order valence-corrected chi connectivity index (χ1v) is 4.62. The molecule has 0 aliphatic rings. The third-order valence-corrected chi connectivity index (χ3v) is 1.90. The Morgan fingerprint density at radius 1 is 1.50 bits per heavy atom. The van der Waals surface area contributed by atoms with Gasteiger partial charge >= 0.3 is 5.97 Å². The molecule has 0 saturated heterocycles. The van der Waals surface area contributed by atoms with Gasteiger partial charge in [0.05, 0.1) is 12.2 Å². The van der Waals surface area contributed by atoms with Crippen molar-refractivity contribution >= 4 is 5.97 Å². The van der Waals surface area contributed by atoms with Gasteiger partial charge in [-0.1, -0.05) is 6.92 Å². The molecule has 0 unspecified atom stereocenters. The molecular formula is C11H14O3. The van der Waals surface area contributed by atoms with Gasteiger partial charge in [-0.25, -0.2) is 4.79 Å². The summed E-state index contributed by atoms with van der Waals surface area (Å²) in [5.41, 5.74) is 1.06. The molecule has 0 aromatic heterocycles. The third-order valence-electron chi connectivity index (χ3n) is 1.90. The minimum atomic E-state index is -0.899. The van der Waals surface area contributed by atoms with E-state index in [4.69, 9.17) is 9.84 Å². The van der Waals surface area contributed by atoms with Gasteiger partial charge in [-0.05, 0) is 37.1 Å². The number of benzene rings is 1. The van der Waals surface area contributed by atoms with Crippen LogP contribution in [0.25, 0.3) is 0 Å². The molecule has 14 heavy (non-hydrogen) atoms. The number of hydrogen-bond acceptors (Lipinski definition) is 2. The standard InChI is InChI=1S/C11H14O3/c1-3-6-14-9-4-5-10(11(12)13)8(2)7-9/h4-5,7H,3,6H2,1-2H3,(H,12,13). The molecule has 3 heteroatoms. The lowest BCUT2D eigenvalue weighted by Gasteiger charge is -2.06. The number of rotatable bonds is 4. The molecule has 0 atom stereocenters. The maximum atomic E-state index is 10.7. The Kier molecular flexibility index (Phi) is 3.51. The first-order chi connectivity index (χ1) is 6.65. The van der Waals surface area contributed by atoms with Crippen LogP contribution in [0.4, 0.5) is 0 Å². The van der Waals surface area contributed by atoms with Gasteiger partial charge in [0.1, 0.15) is 5.75 Å². The van der Waals surface area contributed by atoms with Gasteiger partial charge in [-0.3, -0.25) is 0 Å². The van der Waals surface area contributed by atoms with Gasteiger partial charge in [0.15, 0.2) is 0 Å². The number of ether oxygens (including phenoxy) is 1. The summed E-state index contributed by atoms with van der Waals surface area (Å²) >= 11 is 0. The lowest BCUT2D eigenvalue weighted by Crippen LogP contribution is -2.01. The lowest BCUT2D eigenvalue weighted by molar-refractivity contribution is 0.0696. The molecule has 0 aliphatic carbocycles. The van der Waals surface area contributed by atoms with Crippen molar-refractivity contribution in [1.82, 2.24) is 0 Å². The first kappa shape index (κ1) is 10.6. The van der Waals surface area contributed by atoms with Gasteiger partial charge in [-0.15, -0.1) is 0 Å². The number of carboxylic acids is 1. The third kappa shape index (κ3) is 2.49. The maximum Gasteiger partial charge on any atom is 0.335 e. The molecule has 1 N–H and O–H groups in total. The Morgan fingerprint density at radius 2 is 2.21 bits per heavy atom. The second-order valence-corrected chi connectivity index (χ2v) is 3.13. The largest absolute Gasteiger partial charge is 0.494 e. The van der Waals surface area contributed by atoms with E-state index in [0.717, 1.165) is 17.7 Å². The maximum absolute atomic E-state index is 10.7. The molecule has 0 spiro atoms. The summed E-state index contributed by atoms with van der Waals surface area (Å²) < 4.78 is 5.38. The number of hydrogen-bond donors (Lipinski definition) is 1. The Bertz CT molecular complexity index is 331. The van der Waals surface area contributed by atoms with E-state index in [1.54, 1.807) is 25.1 Å². The van der Waals surface area contributed by atoms with E-state index in [1.165, 1.54) is 0 Å². The fourth-order valence-corrected chi connectivity index (χ4v) is 1.19. The van der Waals surface area contributed by atoms with Crippen molar-refractivity contribution in [2.45, 2.75) is 20.3 Å². The molecule has 0 fully saturated rings. The highest BCUT2D eigenvalue weighted by molar-refractivity contribution is 5.89. The quantitative estimate of drug-likeness (QED) is 0.800. The Balaban J connectivity index is 2.83. The SMILES string of the molecule is CCCOc1ccc(C(=O)O)c(C)c1. The lowest BCUT2D eigenvalue weighted by atomic mass is 10.1. The summed E-state index contributed by atoms with van der Waals surface area (Å²) in [5.74, 6) is -0.168. The van der Waals surface area contributed by atoms with E-state index >= 15 is 0 Å². The van der Waals surface area contributed by atoms with Crippen LogP contribution in [0.5, 0.6) is 5.75 Å². The molecule has 0 saturated carbocycles. The fraction of sp³-hybridized carbons (Fsp3) is 0.364. The van der Waals surface area contributed by atoms with Crippen molar-refractivity contribution in [3.05, 3.63) is 29.3 Å². The van der Waals surface area contributed by atoms with E-state index in [2.05, 4.69) is 0 Å². The van der Waals surface area contributed by atoms with Crippen molar-refractivity contribution < 1.29 is 14.6 Å². The Hall–Kier alpha value is -1.51. The van der Waals surface area contributed by atoms with Crippen molar-refractivity contribution in [1.29, 1.82) is 0 Å². The molecule has 3 nitrogen and oxygen atoms in total. The van der Waals surface area contributed by atoms with Gasteiger partial charge in [0, 0.05) is 0 Å². The molecular weight excluding hydrogens is 180 g/mol. The predicted octanol–water partition coefficient (Wildman–Crippen LogP) is 2.48. The van der Waals surface area contributed by atoms with E-state index in [9.17, 15) is 4.79 Å². The monoisotopic (exact) mass is 194 g/mol. The normalized spacial score (nSPS) is 9.86. The summed E-state index contributed by atoms with van der Waals surface area (Å²) in [5, 5.41) is 8.79. The molecule has 1 aromatic carbocycles. The number of carbonyl (C=O) groups is 1. The summed E-state index contributed by atoms with van der Waals surface area (Å²) in [6, 6.07) is 5.01. The molecule has 0 heterocycles. The van der Waals surface area contributed by atoms with E-state index < -0.39 is 5.97 Å². The van der Waals surface area contributed by atoms with Gasteiger partial charge < -0.3 is 9.84 Å². The van der Waals surface area contributed by atoms with Gasteiger partial charge in [0.2, 0.25) is 0 Å². The number of aryl methyl sites for hydroxylation is 1. The molecule has 76 valence electrons. The minimum absolute atomic E-state index is 0.328. The topological polar surface area (TPSA) is 46.5 Å². The summed E-state index contributed by atoms with van der Waals surface area (Å²) in [4.78, 5) is 10.7. The van der Waals surface area contributed by atoms with E-state index in [0.29, 0.717) is 12.2 Å². The van der Waals surface area contributed by atoms with Crippen molar-refractivity contribution in [2.75, 3.05) is 6.61 Å². The van der Waals surface area contributed by atoms with Crippen LogP contribution >= 0.6 is 0 Å². The van der Waals surface area contributed by atoms with Crippen LogP contribution in [0.2, 0.25) is 0 Å². The molecule has 1 rings (SSSR count). The van der Waals surface area contributed by atoms with Crippen LogP contribution in [0.3, 0.4) is 0 Å². The zero-order valence-electron chi connectivity index (χ0n) is 8.41. The zero-order valence-corrected chi connectivity index (χ0v) is 8.41. The van der Waals surface area contributed by atoms with Crippen molar-refractivity contribution in [3.63, 3.8) is 0 Å².